The van der Waals surface area contributed by atoms with Gasteiger partial charge in [-0.05, 0) is 31.0 Å². The lowest BCUT2D eigenvalue weighted by molar-refractivity contribution is 0.0695. The third kappa shape index (κ3) is 2.41. The number of carboxylic acids is 1. The van der Waals surface area contributed by atoms with Gasteiger partial charge < -0.3 is 5.11 Å². The fourth-order valence-electron chi connectivity index (χ4n) is 1.98. The average molecular weight is 280 g/mol. The Balaban J connectivity index is 2.63. The summed E-state index contributed by atoms with van der Waals surface area (Å²) in [6.45, 7) is 3.75. The highest BCUT2D eigenvalue weighted by Crippen LogP contribution is 2.22. The van der Waals surface area contributed by atoms with Crippen LogP contribution in [0.3, 0.4) is 0 Å². The summed E-state index contributed by atoms with van der Waals surface area (Å²) in [7, 11) is 0. The van der Waals surface area contributed by atoms with E-state index in [4.69, 9.17) is 5.11 Å². The Bertz CT molecular complexity index is 642. The summed E-state index contributed by atoms with van der Waals surface area (Å²) in [6, 6.07) is 3.38. The van der Waals surface area contributed by atoms with Crippen LogP contribution in [0.4, 0.5) is 8.78 Å². The van der Waals surface area contributed by atoms with Crippen molar-refractivity contribution >= 4 is 5.97 Å². The van der Waals surface area contributed by atoms with Crippen molar-refractivity contribution in [2.75, 3.05) is 0 Å². The minimum Gasteiger partial charge on any atom is -0.478 e. The van der Waals surface area contributed by atoms with Gasteiger partial charge in [0, 0.05) is 5.69 Å². The molecule has 2 aromatic rings. The van der Waals surface area contributed by atoms with Crippen molar-refractivity contribution in [2.45, 2.75) is 26.7 Å². The van der Waals surface area contributed by atoms with Gasteiger partial charge in [-0.2, -0.15) is 5.10 Å². The van der Waals surface area contributed by atoms with E-state index in [0.717, 1.165) is 17.8 Å². The summed E-state index contributed by atoms with van der Waals surface area (Å²) in [5.74, 6) is -3.26. The maximum absolute atomic E-state index is 14.0. The van der Waals surface area contributed by atoms with E-state index < -0.39 is 23.2 Å². The predicted molar refractivity (Wildman–Crippen MR) is 69.2 cm³/mol. The lowest BCUT2D eigenvalue weighted by Crippen LogP contribution is -2.09. The monoisotopic (exact) mass is 280 g/mol. The van der Waals surface area contributed by atoms with Crippen molar-refractivity contribution in [3.05, 3.63) is 46.8 Å². The van der Waals surface area contributed by atoms with Gasteiger partial charge in [0.1, 0.15) is 5.69 Å². The van der Waals surface area contributed by atoms with E-state index >= 15 is 0 Å². The van der Waals surface area contributed by atoms with E-state index in [0.29, 0.717) is 18.5 Å². The number of aryl methyl sites for hydroxylation is 2. The molecule has 0 bridgehead atoms. The second-order valence-corrected chi connectivity index (χ2v) is 4.34. The van der Waals surface area contributed by atoms with Crippen molar-refractivity contribution in [2.24, 2.45) is 0 Å². The van der Waals surface area contributed by atoms with E-state index in [1.807, 2.05) is 13.8 Å². The van der Waals surface area contributed by atoms with Crippen LogP contribution in [-0.4, -0.2) is 20.9 Å². The molecule has 0 aliphatic carbocycles. The highest BCUT2D eigenvalue weighted by atomic mass is 19.1. The van der Waals surface area contributed by atoms with Gasteiger partial charge in [-0.25, -0.2) is 18.3 Å². The molecule has 6 heteroatoms. The van der Waals surface area contributed by atoms with E-state index in [1.54, 1.807) is 6.07 Å². The summed E-state index contributed by atoms with van der Waals surface area (Å²) in [4.78, 5) is 10.8. The first-order valence-electron chi connectivity index (χ1n) is 6.28. The minimum atomic E-state index is -1.38. The molecule has 0 unspecified atom stereocenters. The Morgan fingerprint density at radius 2 is 1.80 bits per heavy atom. The number of carboxylic acid groups (broad SMARTS) is 1. The summed E-state index contributed by atoms with van der Waals surface area (Å²) in [5.41, 5.74) is 0.627. The molecule has 20 heavy (non-hydrogen) atoms. The number of benzene rings is 1. The van der Waals surface area contributed by atoms with Crippen LogP contribution in [0, 0.1) is 11.6 Å². The zero-order valence-electron chi connectivity index (χ0n) is 11.2. The number of hydrogen-bond acceptors (Lipinski definition) is 2. The second kappa shape index (κ2) is 5.40. The molecule has 1 aromatic heterocycles. The van der Waals surface area contributed by atoms with Crippen LogP contribution in [0.25, 0.3) is 5.69 Å². The molecule has 2 rings (SSSR count). The normalized spacial score (nSPS) is 10.8. The van der Waals surface area contributed by atoms with Crippen molar-refractivity contribution in [1.29, 1.82) is 0 Å². The molecule has 0 radical (unpaired) electrons. The van der Waals surface area contributed by atoms with Crippen molar-refractivity contribution in [1.82, 2.24) is 9.78 Å². The van der Waals surface area contributed by atoms with Crippen molar-refractivity contribution in [3.8, 4) is 5.69 Å². The Morgan fingerprint density at radius 1 is 1.20 bits per heavy atom. The van der Waals surface area contributed by atoms with Crippen LogP contribution >= 0.6 is 0 Å². The molecule has 0 fully saturated rings. The average Bonchev–Trinajstić information content (AvgIpc) is 2.81. The lowest BCUT2D eigenvalue weighted by atomic mass is 10.2. The topological polar surface area (TPSA) is 55.1 Å². The molecular weight excluding hydrogens is 266 g/mol. The van der Waals surface area contributed by atoms with E-state index in [9.17, 15) is 13.6 Å². The molecule has 0 saturated carbocycles. The molecule has 106 valence electrons. The summed E-state index contributed by atoms with van der Waals surface area (Å²) < 4.78 is 29.2. The number of aromatic nitrogens is 2. The fourth-order valence-corrected chi connectivity index (χ4v) is 1.98. The first-order valence-corrected chi connectivity index (χ1v) is 6.28. The van der Waals surface area contributed by atoms with Gasteiger partial charge in [0.15, 0.2) is 11.6 Å². The highest BCUT2D eigenvalue weighted by Gasteiger charge is 2.19. The van der Waals surface area contributed by atoms with Gasteiger partial charge in [-0.1, -0.05) is 13.8 Å². The lowest BCUT2D eigenvalue weighted by Gasteiger charge is -2.09. The van der Waals surface area contributed by atoms with Gasteiger partial charge >= 0.3 is 5.97 Å². The Kier molecular flexibility index (Phi) is 3.83. The highest BCUT2D eigenvalue weighted by molar-refractivity contribution is 5.87. The van der Waals surface area contributed by atoms with Crippen LogP contribution in [0.15, 0.2) is 18.2 Å². The number of nitrogens with zero attached hydrogens (tertiary/aromatic N) is 2. The minimum absolute atomic E-state index is 0.341. The number of carbonyl (C=O) groups is 1. The van der Waals surface area contributed by atoms with Crippen LogP contribution < -0.4 is 0 Å². The van der Waals surface area contributed by atoms with Gasteiger partial charge in [-0.15, -0.1) is 0 Å². The number of rotatable bonds is 4. The molecule has 0 aliphatic heterocycles. The second-order valence-electron chi connectivity index (χ2n) is 4.34. The van der Waals surface area contributed by atoms with Gasteiger partial charge in [0.25, 0.3) is 0 Å². The number of hydrogen-bond donors (Lipinski definition) is 1. The molecular formula is C14H14F2N2O2. The first-order chi connectivity index (χ1) is 9.47. The zero-order chi connectivity index (χ0) is 14.9. The van der Waals surface area contributed by atoms with Gasteiger partial charge in [0.2, 0.25) is 0 Å². The third-order valence-corrected chi connectivity index (χ3v) is 3.03. The Morgan fingerprint density at radius 3 is 2.25 bits per heavy atom. The standard InChI is InChI=1S/C14H14F2N2O2/c1-3-9-7-10(4-2)18(17-9)13-11(15)5-8(14(19)20)6-12(13)16/h5-7H,3-4H2,1-2H3,(H,19,20). The largest absolute Gasteiger partial charge is 0.478 e. The van der Waals surface area contributed by atoms with E-state index in [-0.39, 0.29) is 5.69 Å². The molecule has 0 saturated heterocycles. The molecule has 0 spiro atoms. The van der Waals surface area contributed by atoms with Crippen LogP contribution in [-0.2, 0) is 12.8 Å². The molecule has 0 amide bonds. The Labute approximate surface area is 114 Å². The summed E-state index contributed by atoms with van der Waals surface area (Å²) in [5, 5.41) is 12.9. The predicted octanol–water partition coefficient (Wildman–Crippen LogP) is 2.97. The quantitative estimate of drug-likeness (QED) is 0.936. The maximum Gasteiger partial charge on any atom is 0.335 e. The van der Waals surface area contributed by atoms with Crippen LogP contribution in [0.2, 0.25) is 0 Å². The first kappa shape index (κ1) is 14.2. The molecule has 1 N–H and O–H groups in total. The molecule has 0 aliphatic rings. The number of aromatic carboxylic acids is 1. The zero-order valence-corrected chi connectivity index (χ0v) is 11.2. The number of halogens is 2. The molecule has 4 nitrogen and oxygen atoms in total. The summed E-state index contributed by atoms with van der Waals surface area (Å²) >= 11 is 0. The summed E-state index contributed by atoms with van der Waals surface area (Å²) in [6.07, 6.45) is 1.21. The maximum atomic E-state index is 14.0. The Hall–Kier alpha value is -2.24. The third-order valence-electron chi connectivity index (χ3n) is 3.03. The van der Waals surface area contributed by atoms with Crippen molar-refractivity contribution < 1.29 is 18.7 Å². The molecule has 1 heterocycles. The van der Waals surface area contributed by atoms with Crippen molar-refractivity contribution in [3.63, 3.8) is 0 Å². The van der Waals surface area contributed by atoms with E-state index in [1.165, 1.54) is 4.68 Å². The van der Waals surface area contributed by atoms with Gasteiger partial charge in [0.05, 0.1) is 11.3 Å². The van der Waals surface area contributed by atoms with Gasteiger partial charge in [-0.3, -0.25) is 0 Å². The fraction of sp³-hybridized carbons (Fsp3) is 0.286. The smallest absolute Gasteiger partial charge is 0.335 e. The van der Waals surface area contributed by atoms with E-state index in [2.05, 4.69) is 5.10 Å². The van der Waals surface area contributed by atoms with Crippen LogP contribution in [0.1, 0.15) is 35.6 Å². The van der Waals surface area contributed by atoms with Crippen LogP contribution in [0.5, 0.6) is 0 Å². The molecule has 1 aromatic carbocycles. The molecule has 0 atom stereocenters. The SMILES string of the molecule is CCc1cc(CC)n(-c2c(F)cc(C(=O)O)cc2F)n1.